The second-order valence-corrected chi connectivity index (χ2v) is 3.51. The molecule has 0 fully saturated rings. The van der Waals surface area contributed by atoms with Gasteiger partial charge in [0.2, 0.25) is 0 Å². The lowest BCUT2D eigenvalue weighted by Gasteiger charge is -2.28. The third-order valence-corrected chi connectivity index (χ3v) is 1.72. The first-order chi connectivity index (χ1) is 5.47. The van der Waals surface area contributed by atoms with Crippen molar-refractivity contribution in [3.05, 3.63) is 29.3 Å². The third kappa shape index (κ3) is 5.93. The van der Waals surface area contributed by atoms with E-state index in [2.05, 4.69) is 4.52 Å². The van der Waals surface area contributed by atoms with Gasteiger partial charge in [-0.05, 0) is 24.3 Å². The molecule has 0 unspecified atom stereocenters. The molecule has 0 spiro atoms. The summed E-state index contributed by atoms with van der Waals surface area (Å²) in [4.78, 5) is 20.2. The minimum absolute atomic E-state index is 0. The van der Waals surface area contributed by atoms with E-state index in [-0.39, 0.29) is 18.1 Å². The molecule has 1 aromatic carbocycles. The minimum atomic E-state index is -4.95. The Balaban J connectivity index is 0. The maximum absolute atomic E-state index is 10.1. The summed E-state index contributed by atoms with van der Waals surface area (Å²) in [5, 5.41) is 0.439. The number of benzene rings is 1. The summed E-state index contributed by atoms with van der Waals surface area (Å²) in [6.45, 7) is 0. The fraction of sp³-hybridized carbons (Fsp3) is 0. The molecular formula is C6H12ClN2O4P. The van der Waals surface area contributed by atoms with Crippen LogP contribution >= 0.6 is 19.4 Å². The second kappa shape index (κ2) is 5.98. The number of hydrogen-bond donors (Lipinski definition) is 2. The summed E-state index contributed by atoms with van der Waals surface area (Å²) in [6.07, 6.45) is 0. The quantitative estimate of drug-likeness (QED) is 0.752. The number of phosphoric acid groups is 1. The first-order valence-electron chi connectivity index (χ1n) is 2.94. The molecule has 0 atom stereocenters. The van der Waals surface area contributed by atoms with Gasteiger partial charge in [-0.2, -0.15) is 0 Å². The molecule has 0 aromatic heterocycles. The molecule has 1 rings (SSSR count). The third-order valence-electron chi connectivity index (χ3n) is 1.03. The van der Waals surface area contributed by atoms with Crippen molar-refractivity contribution >= 4 is 19.4 Å². The van der Waals surface area contributed by atoms with E-state index in [9.17, 15) is 14.4 Å². The molecule has 0 heterocycles. The summed E-state index contributed by atoms with van der Waals surface area (Å²) < 4.78 is 14.1. The van der Waals surface area contributed by atoms with Crippen LogP contribution in [-0.2, 0) is 4.57 Å². The molecule has 14 heavy (non-hydrogen) atoms. The van der Waals surface area contributed by atoms with E-state index < -0.39 is 7.82 Å². The van der Waals surface area contributed by atoms with Gasteiger partial charge in [0.05, 0.1) is 0 Å². The van der Waals surface area contributed by atoms with E-state index in [4.69, 9.17) is 11.6 Å². The lowest BCUT2D eigenvalue weighted by Crippen LogP contribution is -2.18. The zero-order valence-corrected chi connectivity index (χ0v) is 9.42. The smallest absolute Gasteiger partial charge is 0.124 e. The van der Waals surface area contributed by atoms with Crippen LogP contribution in [0.4, 0.5) is 0 Å². The molecule has 8 heteroatoms. The highest BCUT2D eigenvalue weighted by atomic mass is 35.5. The molecule has 0 aliphatic rings. The standard InChI is InChI=1S/C6H6ClO4P.2H3N/c7-5-1-3-6(4-2-5)11-12(8,9)10;;/h1-4H,(H2,8,9,10);2*1H3. The summed E-state index contributed by atoms with van der Waals surface area (Å²) in [5.74, 6) is -0.0345. The Hall–Kier alpha value is -0.620. The second-order valence-electron chi connectivity index (χ2n) is 1.99. The van der Waals surface area contributed by atoms with Crippen LogP contribution in [0, 0.1) is 0 Å². The van der Waals surface area contributed by atoms with Crippen LogP contribution in [-0.4, -0.2) is 0 Å². The van der Waals surface area contributed by atoms with Gasteiger partial charge in [-0.3, -0.25) is 0 Å². The first-order valence-corrected chi connectivity index (χ1v) is 4.78. The number of quaternary nitrogens is 2. The number of halogens is 1. The van der Waals surface area contributed by atoms with E-state index in [0.29, 0.717) is 5.02 Å². The van der Waals surface area contributed by atoms with Crippen molar-refractivity contribution in [3.8, 4) is 5.75 Å². The fourth-order valence-electron chi connectivity index (χ4n) is 0.625. The molecule has 0 saturated carbocycles. The average molecular weight is 243 g/mol. The van der Waals surface area contributed by atoms with Crippen molar-refractivity contribution in [1.82, 2.24) is 12.3 Å². The molecule has 0 amide bonds. The maximum Gasteiger partial charge on any atom is 0.124 e. The van der Waals surface area contributed by atoms with Gasteiger partial charge in [0, 0.05) is 5.02 Å². The Morgan fingerprint density at radius 1 is 1.14 bits per heavy atom. The predicted molar refractivity (Wildman–Crippen MR) is 51.7 cm³/mol. The summed E-state index contributed by atoms with van der Waals surface area (Å²) in [7, 11) is -4.95. The van der Waals surface area contributed by atoms with E-state index in [1.807, 2.05) is 0 Å². The van der Waals surface area contributed by atoms with Crippen molar-refractivity contribution in [3.63, 3.8) is 0 Å². The van der Waals surface area contributed by atoms with Gasteiger partial charge in [-0.25, -0.2) is 0 Å². The zero-order valence-electron chi connectivity index (χ0n) is 7.77. The molecule has 8 N–H and O–H groups in total. The minimum Gasteiger partial charge on any atom is -0.780 e. The Morgan fingerprint density at radius 3 is 1.93 bits per heavy atom. The van der Waals surface area contributed by atoms with E-state index in [1.54, 1.807) is 0 Å². The maximum atomic E-state index is 10.1. The van der Waals surface area contributed by atoms with Gasteiger partial charge >= 0.3 is 0 Å². The zero-order chi connectivity index (χ0) is 9.19. The number of phosphoric ester groups is 1. The average Bonchev–Trinajstić information content (AvgIpc) is 1.91. The number of rotatable bonds is 2. The molecule has 82 valence electrons. The summed E-state index contributed by atoms with van der Waals surface area (Å²) in [6, 6.07) is 5.44. The highest BCUT2D eigenvalue weighted by Gasteiger charge is 1.95. The largest absolute Gasteiger partial charge is 0.780 e. The van der Waals surface area contributed by atoms with E-state index >= 15 is 0 Å². The lowest BCUT2D eigenvalue weighted by molar-refractivity contribution is -0.333. The molecule has 0 bridgehead atoms. The fourth-order valence-corrected chi connectivity index (χ4v) is 1.13. The first kappa shape index (κ1) is 15.8. The Labute approximate surface area is 86.3 Å². The van der Waals surface area contributed by atoms with Crippen molar-refractivity contribution < 1.29 is 18.9 Å². The van der Waals surface area contributed by atoms with Crippen molar-refractivity contribution in [1.29, 1.82) is 0 Å². The molecule has 0 aliphatic carbocycles. The Morgan fingerprint density at radius 2 is 1.57 bits per heavy atom. The molecule has 1 aromatic rings. The highest BCUT2D eigenvalue weighted by Crippen LogP contribution is 2.29. The van der Waals surface area contributed by atoms with Gasteiger partial charge in [-0.15, -0.1) is 0 Å². The van der Waals surface area contributed by atoms with Crippen LogP contribution in [0.2, 0.25) is 5.02 Å². The normalized spacial score (nSPS) is 9.64. The van der Waals surface area contributed by atoms with E-state index in [0.717, 1.165) is 0 Å². The van der Waals surface area contributed by atoms with Gasteiger partial charge < -0.3 is 31.2 Å². The van der Waals surface area contributed by atoms with E-state index in [1.165, 1.54) is 24.3 Å². The monoisotopic (exact) mass is 242 g/mol. The molecule has 0 aliphatic heterocycles. The van der Waals surface area contributed by atoms with Crippen molar-refractivity contribution in [2.45, 2.75) is 0 Å². The Kier molecular flexibility index (Phi) is 6.76. The molecule has 0 saturated heterocycles. The SMILES string of the molecule is O=P([O-])([O-])Oc1ccc(Cl)cc1.[NH4+].[NH4+]. The predicted octanol–water partition coefficient (Wildman–Crippen LogP) is 1.30. The summed E-state index contributed by atoms with van der Waals surface area (Å²) in [5.41, 5.74) is 0. The Bertz CT molecular complexity index is 312. The molecule has 6 nitrogen and oxygen atoms in total. The topological polar surface area (TPSA) is 145 Å². The van der Waals surface area contributed by atoms with Gasteiger partial charge in [0.15, 0.2) is 0 Å². The van der Waals surface area contributed by atoms with Gasteiger partial charge in [0.1, 0.15) is 13.6 Å². The molecule has 0 radical (unpaired) electrons. The summed E-state index contributed by atoms with van der Waals surface area (Å²) >= 11 is 5.50. The molecular weight excluding hydrogens is 231 g/mol. The number of hydrogen-bond acceptors (Lipinski definition) is 4. The van der Waals surface area contributed by atoms with Crippen LogP contribution in [0.3, 0.4) is 0 Å². The van der Waals surface area contributed by atoms with Crippen LogP contribution in [0.1, 0.15) is 0 Å². The van der Waals surface area contributed by atoms with Crippen LogP contribution in [0.25, 0.3) is 0 Å². The highest BCUT2D eigenvalue weighted by molar-refractivity contribution is 7.43. The van der Waals surface area contributed by atoms with Crippen molar-refractivity contribution in [2.75, 3.05) is 0 Å². The van der Waals surface area contributed by atoms with Crippen molar-refractivity contribution in [2.24, 2.45) is 0 Å². The van der Waals surface area contributed by atoms with Crippen LogP contribution in [0.5, 0.6) is 5.75 Å². The van der Waals surface area contributed by atoms with Gasteiger partial charge in [-0.1, -0.05) is 11.6 Å². The lowest BCUT2D eigenvalue weighted by atomic mass is 10.3. The van der Waals surface area contributed by atoms with Crippen LogP contribution in [0.15, 0.2) is 24.3 Å². The van der Waals surface area contributed by atoms with Crippen LogP contribution < -0.4 is 26.6 Å². The van der Waals surface area contributed by atoms with Gasteiger partial charge in [0.25, 0.3) is 0 Å².